The molecule has 0 amide bonds. The zero-order valence-corrected chi connectivity index (χ0v) is 12.2. The summed E-state index contributed by atoms with van der Waals surface area (Å²) < 4.78 is 19.7. The summed E-state index contributed by atoms with van der Waals surface area (Å²) in [6.07, 6.45) is 4.86. The predicted molar refractivity (Wildman–Crippen MR) is 76.4 cm³/mol. The minimum absolute atomic E-state index is 0.00290. The normalized spacial score (nSPS) is 26.2. The third-order valence-electron chi connectivity index (χ3n) is 4.81. The lowest BCUT2D eigenvalue weighted by Gasteiger charge is -2.48. The number of hydrogen-bond donors (Lipinski definition) is 1. The largest absolute Gasteiger partial charge is 0.392 e. The van der Waals surface area contributed by atoms with E-state index in [9.17, 15) is 9.50 Å². The molecule has 1 aromatic rings. The van der Waals surface area contributed by atoms with Crippen LogP contribution in [-0.4, -0.2) is 23.4 Å². The topological polar surface area (TPSA) is 29.5 Å². The van der Waals surface area contributed by atoms with Crippen LogP contribution in [0.2, 0.25) is 5.02 Å². The number of rotatable bonds is 3. The Morgan fingerprint density at radius 1 is 1.45 bits per heavy atom. The maximum Gasteiger partial charge on any atom is 0.127 e. The van der Waals surface area contributed by atoms with Crippen molar-refractivity contribution >= 4 is 11.6 Å². The third kappa shape index (κ3) is 2.72. The van der Waals surface area contributed by atoms with Gasteiger partial charge >= 0.3 is 0 Å². The molecular weight excluding hydrogens is 279 g/mol. The van der Waals surface area contributed by atoms with Crippen LogP contribution < -0.4 is 0 Å². The summed E-state index contributed by atoms with van der Waals surface area (Å²) in [5, 5.41) is 10.8. The van der Waals surface area contributed by atoms with E-state index in [0.29, 0.717) is 17.2 Å². The summed E-state index contributed by atoms with van der Waals surface area (Å²) in [5.41, 5.74) is 0.430. The van der Waals surface area contributed by atoms with Gasteiger partial charge in [-0.25, -0.2) is 4.39 Å². The van der Waals surface area contributed by atoms with E-state index in [1.54, 1.807) is 12.1 Å². The van der Waals surface area contributed by atoms with Gasteiger partial charge in [-0.1, -0.05) is 17.7 Å². The molecule has 110 valence electrons. The number of ether oxygens (including phenoxy) is 1. The average Bonchev–Trinajstić information content (AvgIpc) is 2.41. The van der Waals surface area contributed by atoms with E-state index in [2.05, 4.69) is 0 Å². The molecular formula is C16H20ClFO2. The fraction of sp³-hybridized carbons (Fsp3) is 0.625. The second-order valence-corrected chi connectivity index (χ2v) is 6.52. The van der Waals surface area contributed by atoms with E-state index >= 15 is 0 Å². The minimum atomic E-state index is -0.550. The second kappa shape index (κ2) is 5.63. The zero-order chi connectivity index (χ0) is 14.2. The Bertz CT molecular complexity index is 467. The van der Waals surface area contributed by atoms with Crippen LogP contribution in [-0.2, 0) is 11.2 Å². The highest BCUT2D eigenvalue weighted by Crippen LogP contribution is 2.45. The van der Waals surface area contributed by atoms with Crippen molar-refractivity contribution in [3.8, 4) is 0 Å². The summed E-state index contributed by atoms with van der Waals surface area (Å²) in [6.45, 7) is 0.701. The molecule has 1 aliphatic carbocycles. The fourth-order valence-electron chi connectivity index (χ4n) is 3.42. The lowest BCUT2D eigenvalue weighted by atomic mass is 9.70. The van der Waals surface area contributed by atoms with Crippen molar-refractivity contribution in [2.24, 2.45) is 5.92 Å². The zero-order valence-electron chi connectivity index (χ0n) is 11.4. The monoisotopic (exact) mass is 298 g/mol. The van der Waals surface area contributed by atoms with Crippen LogP contribution in [0.15, 0.2) is 18.2 Å². The standard InChI is InChI=1S/C16H20ClFO2/c17-13-3-1-4-14(18)12(13)9-15(19)11-5-8-20-16(10-11)6-2-7-16/h1,3-4,11,15,19H,2,5-10H2. The van der Waals surface area contributed by atoms with Gasteiger partial charge in [-0.2, -0.15) is 0 Å². The van der Waals surface area contributed by atoms with Gasteiger partial charge in [-0.05, 0) is 50.2 Å². The molecule has 20 heavy (non-hydrogen) atoms. The number of halogens is 2. The van der Waals surface area contributed by atoms with Gasteiger partial charge in [0, 0.05) is 23.6 Å². The number of benzene rings is 1. The minimum Gasteiger partial charge on any atom is -0.392 e. The van der Waals surface area contributed by atoms with Gasteiger partial charge in [0.15, 0.2) is 0 Å². The summed E-state index contributed by atoms with van der Waals surface area (Å²) in [6, 6.07) is 4.65. The quantitative estimate of drug-likeness (QED) is 0.921. The highest BCUT2D eigenvalue weighted by molar-refractivity contribution is 6.31. The SMILES string of the molecule is OC(Cc1c(F)cccc1Cl)C1CCOC2(CCC2)C1. The molecule has 4 heteroatoms. The first-order chi connectivity index (χ1) is 9.60. The maximum atomic E-state index is 13.8. The molecule has 1 spiro atoms. The van der Waals surface area contributed by atoms with Crippen molar-refractivity contribution < 1.29 is 14.2 Å². The Hall–Kier alpha value is -0.640. The van der Waals surface area contributed by atoms with Crippen molar-refractivity contribution in [2.45, 2.75) is 50.2 Å². The molecule has 1 aromatic carbocycles. The van der Waals surface area contributed by atoms with Crippen LogP contribution >= 0.6 is 11.6 Å². The van der Waals surface area contributed by atoms with Crippen molar-refractivity contribution in [3.05, 3.63) is 34.6 Å². The number of aliphatic hydroxyl groups is 1. The van der Waals surface area contributed by atoms with Crippen LogP contribution in [0.3, 0.4) is 0 Å². The van der Waals surface area contributed by atoms with Crippen LogP contribution in [0.1, 0.15) is 37.7 Å². The molecule has 3 rings (SSSR count). The van der Waals surface area contributed by atoms with Crippen LogP contribution in [0.5, 0.6) is 0 Å². The summed E-state index contributed by atoms with van der Waals surface area (Å²) in [5.74, 6) is -0.151. The van der Waals surface area contributed by atoms with Gasteiger partial charge in [-0.3, -0.25) is 0 Å². The van der Waals surface area contributed by atoms with Crippen LogP contribution in [0.25, 0.3) is 0 Å². The molecule has 2 nitrogen and oxygen atoms in total. The highest BCUT2D eigenvalue weighted by atomic mass is 35.5. The first-order valence-corrected chi connectivity index (χ1v) is 7.72. The summed E-state index contributed by atoms with van der Waals surface area (Å²) in [4.78, 5) is 0. The van der Waals surface area contributed by atoms with Gasteiger partial charge < -0.3 is 9.84 Å². The molecule has 2 unspecified atom stereocenters. The molecule has 2 fully saturated rings. The van der Waals surface area contributed by atoms with Crippen molar-refractivity contribution in [3.63, 3.8) is 0 Å². The van der Waals surface area contributed by atoms with E-state index in [1.165, 1.54) is 12.5 Å². The summed E-state index contributed by atoms with van der Waals surface area (Å²) in [7, 11) is 0. The average molecular weight is 299 g/mol. The van der Waals surface area contributed by atoms with Crippen LogP contribution in [0.4, 0.5) is 4.39 Å². The predicted octanol–water partition coefficient (Wildman–Crippen LogP) is 3.73. The van der Waals surface area contributed by atoms with E-state index in [1.807, 2.05) is 0 Å². The molecule has 0 bridgehead atoms. The van der Waals surface area contributed by atoms with E-state index < -0.39 is 6.10 Å². The smallest absolute Gasteiger partial charge is 0.127 e. The molecule has 1 saturated heterocycles. The van der Waals surface area contributed by atoms with Gasteiger partial charge in [0.05, 0.1) is 11.7 Å². The molecule has 2 atom stereocenters. The first kappa shape index (κ1) is 14.3. The van der Waals surface area contributed by atoms with E-state index in [4.69, 9.17) is 16.3 Å². The molecule has 1 saturated carbocycles. The Morgan fingerprint density at radius 2 is 2.25 bits per heavy atom. The van der Waals surface area contributed by atoms with Gasteiger partial charge in [0.25, 0.3) is 0 Å². The Morgan fingerprint density at radius 3 is 2.90 bits per heavy atom. The third-order valence-corrected chi connectivity index (χ3v) is 5.17. The van der Waals surface area contributed by atoms with Crippen LogP contribution in [0, 0.1) is 11.7 Å². The second-order valence-electron chi connectivity index (χ2n) is 6.11. The van der Waals surface area contributed by atoms with Crippen molar-refractivity contribution in [2.75, 3.05) is 6.61 Å². The summed E-state index contributed by atoms with van der Waals surface area (Å²) >= 11 is 6.03. The Labute approximate surface area is 123 Å². The Kier molecular flexibility index (Phi) is 4.02. The van der Waals surface area contributed by atoms with Crippen molar-refractivity contribution in [1.82, 2.24) is 0 Å². The number of aliphatic hydroxyl groups excluding tert-OH is 1. The molecule has 1 N–H and O–H groups in total. The lowest BCUT2D eigenvalue weighted by molar-refractivity contribution is -0.156. The molecule has 0 aromatic heterocycles. The first-order valence-electron chi connectivity index (χ1n) is 7.35. The Balaban J connectivity index is 1.68. The molecule has 2 aliphatic rings. The fourth-order valence-corrected chi connectivity index (χ4v) is 3.66. The van der Waals surface area contributed by atoms with Gasteiger partial charge in [-0.15, -0.1) is 0 Å². The molecule has 1 aliphatic heterocycles. The highest BCUT2D eigenvalue weighted by Gasteiger charge is 2.44. The molecule has 0 radical (unpaired) electrons. The van der Waals surface area contributed by atoms with Gasteiger partial charge in [0.1, 0.15) is 5.82 Å². The van der Waals surface area contributed by atoms with E-state index in [0.717, 1.165) is 25.7 Å². The number of hydrogen-bond acceptors (Lipinski definition) is 2. The van der Waals surface area contributed by atoms with Gasteiger partial charge in [0.2, 0.25) is 0 Å². The maximum absolute atomic E-state index is 13.8. The van der Waals surface area contributed by atoms with E-state index in [-0.39, 0.29) is 23.8 Å². The lowest BCUT2D eigenvalue weighted by Crippen LogP contribution is -2.48. The molecule has 1 heterocycles. The van der Waals surface area contributed by atoms with Crippen molar-refractivity contribution in [1.29, 1.82) is 0 Å².